The fourth-order valence-electron chi connectivity index (χ4n) is 1.78. The van der Waals surface area contributed by atoms with Gasteiger partial charge in [-0.3, -0.25) is 4.90 Å². The van der Waals surface area contributed by atoms with Gasteiger partial charge >= 0.3 is 0 Å². The molecule has 1 aromatic rings. The van der Waals surface area contributed by atoms with Gasteiger partial charge in [0.05, 0.1) is 0 Å². The Morgan fingerprint density at radius 3 is 2.23 bits per heavy atom. The average molecular weight is 242 g/mol. The fraction of sp³-hybridized carbons (Fsp3) is 0.455. The molecule has 1 saturated heterocycles. The molecule has 0 spiro atoms. The molecular weight excluding hydrogens is 226 g/mol. The van der Waals surface area contributed by atoms with Crippen LogP contribution in [0.4, 0.5) is 0 Å². The SMILES string of the molecule is Br.c1ccc(CN2CCCC2)cc1. The fourth-order valence-corrected chi connectivity index (χ4v) is 1.78. The highest BCUT2D eigenvalue weighted by Gasteiger charge is 2.10. The summed E-state index contributed by atoms with van der Waals surface area (Å²) in [6.45, 7) is 3.71. The standard InChI is InChI=1S/C11H15N.BrH/c1-2-6-11(7-3-1)10-12-8-4-5-9-12;/h1-3,6-7H,4-5,8-10H2;1H. The highest BCUT2D eigenvalue weighted by atomic mass is 79.9. The van der Waals surface area contributed by atoms with Gasteiger partial charge in [-0.1, -0.05) is 30.3 Å². The lowest BCUT2D eigenvalue weighted by atomic mass is 10.2. The first-order chi connectivity index (χ1) is 5.95. The molecule has 1 heterocycles. The monoisotopic (exact) mass is 241 g/mol. The van der Waals surface area contributed by atoms with E-state index < -0.39 is 0 Å². The first kappa shape index (κ1) is 10.7. The van der Waals surface area contributed by atoms with Crippen molar-refractivity contribution in [3.63, 3.8) is 0 Å². The Bertz CT molecular complexity index is 229. The third kappa shape index (κ3) is 3.12. The van der Waals surface area contributed by atoms with E-state index >= 15 is 0 Å². The molecule has 0 aliphatic carbocycles. The summed E-state index contributed by atoms with van der Waals surface area (Å²) in [6, 6.07) is 10.7. The van der Waals surface area contributed by atoms with Crippen LogP contribution in [-0.4, -0.2) is 18.0 Å². The van der Waals surface area contributed by atoms with E-state index in [-0.39, 0.29) is 17.0 Å². The first-order valence-electron chi connectivity index (χ1n) is 4.71. The van der Waals surface area contributed by atoms with Crippen molar-refractivity contribution in [3.8, 4) is 0 Å². The summed E-state index contributed by atoms with van der Waals surface area (Å²) in [6.07, 6.45) is 2.76. The minimum absolute atomic E-state index is 0. The van der Waals surface area contributed by atoms with Crippen LogP contribution in [0, 0.1) is 0 Å². The van der Waals surface area contributed by atoms with Crippen LogP contribution in [0.1, 0.15) is 18.4 Å². The quantitative estimate of drug-likeness (QED) is 0.770. The summed E-state index contributed by atoms with van der Waals surface area (Å²) in [7, 11) is 0. The Hall–Kier alpha value is -0.340. The Morgan fingerprint density at radius 2 is 1.62 bits per heavy atom. The summed E-state index contributed by atoms with van der Waals surface area (Å²) in [5.41, 5.74) is 1.44. The van der Waals surface area contributed by atoms with Crippen LogP contribution in [0.5, 0.6) is 0 Å². The minimum atomic E-state index is 0. The van der Waals surface area contributed by atoms with Crippen LogP contribution in [0.2, 0.25) is 0 Å². The van der Waals surface area contributed by atoms with Crippen LogP contribution in [-0.2, 0) is 6.54 Å². The van der Waals surface area contributed by atoms with Crippen molar-refractivity contribution >= 4 is 17.0 Å². The Labute approximate surface area is 90.5 Å². The molecular formula is C11H16BrN. The maximum absolute atomic E-state index is 2.52. The van der Waals surface area contributed by atoms with Gasteiger partial charge in [0, 0.05) is 6.54 Å². The van der Waals surface area contributed by atoms with Crippen LogP contribution in [0.15, 0.2) is 30.3 Å². The lowest BCUT2D eigenvalue weighted by Gasteiger charge is -2.13. The van der Waals surface area contributed by atoms with Gasteiger partial charge in [-0.2, -0.15) is 0 Å². The van der Waals surface area contributed by atoms with E-state index in [1.54, 1.807) is 0 Å². The minimum Gasteiger partial charge on any atom is -0.299 e. The van der Waals surface area contributed by atoms with E-state index in [1.165, 1.54) is 31.5 Å². The average Bonchev–Trinajstić information content (AvgIpc) is 2.59. The molecule has 0 unspecified atom stereocenters. The van der Waals surface area contributed by atoms with Crippen molar-refractivity contribution < 1.29 is 0 Å². The van der Waals surface area contributed by atoms with Crippen molar-refractivity contribution in [2.45, 2.75) is 19.4 Å². The zero-order valence-corrected chi connectivity index (χ0v) is 9.49. The maximum atomic E-state index is 2.52. The van der Waals surface area contributed by atoms with E-state index in [0.29, 0.717) is 0 Å². The Balaban J connectivity index is 0.000000845. The van der Waals surface area contributed by atoms with Gasteiger partial charge < -0.3 is 0 Å². The van der Waals surface area contributed by atoms with Gasteiger partial charge in [0.1, 0.15) is 0 Å². The normalized spacial score (nSPS) is 16.9. The number of hydrogen-bond donors (Lipinski definition) is 0. The number of hydrogen-bond acceptors (Lipinski definition) is 1. The van der Waals surface area contributed by atoms with Crippen LogP contribution in [0.25, 0.3) is 0 Å². The van der Waals surface area contributed by atoms with E-state index in [4.69, 9.17) is 0 Å². The number of likely N-dealkylation sites (tertiary alicyclic amines) is 1. The van der Waals surface area contributed by atoms with Gasteiger partial charge in [-0.05, 0) is 31.5 Å². The molecule has 72 valence electrons. The molecule has 1 nitrogen and oxygen atoms in total. The van der Waals surface area contributed by atoms with E-state index in [9.17, 15) is 0 Å². The third-order valence-electron chi connectivity index (χ3n) is 2.45. The molecule has 0 radical (unpaired) electrons. The predicted molar refractivity (Wildman–Crippen MR) is 61.3 cm³/mol. The van der Waals surface area contributed by atoms with Gasteiger partial charge in [0.15, 0.2) is 0 Å². The zero-order chi connectivity index (χ0) is 8.23. The second kappa shape index (κ2) is 5.40. The van der Waals surface area contributed by atoms with Crippen LogP contribution in [0.3, 0.4) is 0 Å². The molecule has 0 N–H and O–H groups in total. The van der Waals surface area contributed by atoms with Crippen molar-refractivity contribution in [3.05, 3.63) is 35.9 Å². The second-order valence-corrected chi connectivity index (χ2v) is 3.47. The van der Waals surface area contributed by atoms with E-state index in [0.717, 1.165) is 6.54 Å². The lowest BCUT2D eigenvalue weighted by molar-refractivity contribution is 0.331. The second-order valence-electron chi connectivity index (χ2n) is 3.47. The third-order valence-corrected chi connectivity index (χ3v) is 2.45. The topological polar surface area (TPSA) is 3.24 Å². The van der Waals surface area contributed by atoms with Crippen LogP contribution < -0.4 is 0 Å². The smallest absolute Gasteiger partial charge is 0.0233 e. The molecule has 2 rings (SSSR count). The summed E-state index contributed by atoms with van der Waals surface area (Å²) >= 11 is 0. The summed E-state index contributed by atoms with van der Waals surface area (Å²) < 4.78 is 0. The van der Waals surface area contributed by atoms with Gasteiger partial charge in [0.25, 0.3) is 0 Å². The zero-order valence-electron chi connectivity index (χ0n) is 7.78. The maximum Gasteiger partial charge on any atom is 0.0233 e. The number of benzene rings is 1. The first-order valence-corrected chi connectivity index (χ1v) is 4.71. The van der Waals surface area contributed by atoms with Crippen LogP contribution >= 0.6 is 17.0 Å². The van der Waals surface area contributed by atoms with Gasteiger partial charge in [-0.25, -0.2) is 0 Å². The molecule has 0 atom stereocenters. The number of halogens is 1. The Morgan fingerprint density at radius 1 is 1.00 bits per heavy atom. The van der Waals surface area contributed by atoms with Crippen molar-refractivity contribution in [1.29, 1.82) is 0 Å². The highest BCUT2D eigenvalue weighted by molar-refractivity contribution is 8.93. The molecule has 0 amide bonds. The molecule has 13 heavy (non-hydrogen) atoms. The molecule has 2 heteroatoms. The molecule has 0 bridgehead atoms. The Kier molecular flexibility index (Phi) is 4.46. The molecule has 0 aromatic heterocycles. The van der Waals surface area contributed by atoms with Crippen molar-refractivity contribution in [2.75, 3.05) is 13.1 Å². The molecule has 1 aliphatic rings. The van der Waals surface area contributed by atoms with Gasteiger partial charge in [-0.15, -0.1) is 17.0 Å². The number of rotatable bonds is 2. The molecule has 0 saturated carbocycles. The summed E-state index contributed by atoms with van der Waals surface area (Å²) in [5.74, 6) is 0. The lowest BCUT2D eigenvalue weighted by Crippen LogP contribution is -2.18. The predicted octanol–water partition coefficient (Wildman–Crippen LogP) is 2.86. The summed E-state index contributed by atoms with van der Waals surface area (Å²) in [5, 5.41) is 0. The van der Waals surface area contributed by atoms with E-state index in [2.05, 4.69) is 35.2 Å². The van der Waals surface area contributed by atoms with Gasteiger partial charge in [0.2, 0.25) is 0 Å². The highest BCUT2D eigenvalue weighted by Crippen LogP contribution is 2.11. The molecule has 1 fully saturated rings. The molecule has 1 aromatic carbocycles. The van der Waals surface area contributed by atoms with Crippen molar-refractivity contribution in [2.24, 2.45) is 0 Å². The van der Waals surface area contributed by atoms with E-state index in [1.807, 2.05) is 0 Å². The largest absolute Gasteiger partial charge is 0.299 e. The number of nitrogens with zero attached hydrogens (tertiary/aromatic N) is 1. The van der Waals surface area contributed by atoms with Crippen molar-refractivity contribution in [1.82, 2.24) is 4.90 Å². The summed E-state index contributed by atoms with van der Waals surface area (Å²) in [4.78, 5) is 2.52. The molecule has 1 aliphatic heterocycles.